The molecule has 2 rings (SSSR count). The number of hydrogen-bond donors (Lipinski definition) is 1. The number of alkyl halides is 3. The van der Waals surface area contributed by atoms with E-state index < -0.39 is 11.7 Å². The van der Waals surface area contributed by atoms with Crippen LogP contribution in [-0.2, 0) is 6.18 Å². The summed E-state index contributed by atoms with van der Waals surface area (Å²) in [5.41, 5.74) is 0.130. The van der Waals surface area contributed by atoms with Crippen LogP contribution in [0.15, 0.2) is 30.9 Å². The molecule has 23 heavy (non-hydrogen) atoms. The minimum atomic E-state index is -4.36. The Balaban J connectivity index is 2.34. The molecule has 1 aromatic carbocycles. The second kappa shape index (κ2) is 7.84. The van der Waals surface area contributed by atoms with Crippen LogP contribution in [0.5, 0.6) is 5.75 Å². The van der Waals surface area contributed by atoms with Gasteiger partial charge in [0.1, 0.15) is 5.75 Å². The first kappa shape index (κ1) is 17.8. The average Bonchev–Trinajstić information content (AvgIpc) is 2.55. The van der Waals surface area contributed by atoms with E-state index in [1.807, 2.05) is 6.08 Å². The molecule has 1 fully saturated rings. The highest BCUT2D eigenvalue weighted by molar-refractivity contribution is 5.41. The molecule has 1 N–H and O–H groups in total. The molecule has 1 atom stereocenters. The normalized spacial score (nSPS) is 17.7. The first-order valence-electron chi connectivity index (χ1n) is 7.78. The van der Waals surface area contributed by atoms with Crippen molar-refractivity contribution in [2.75, 3.05) is 33.3 Å². The lowest BCUT2D eigenvalue weighted by Gasteiger charge is -2.36. The summed E-state index contributed by atoms with van der Waals surface area (Å²) in [5.74, 6) is 0.299. The van der Waals surface area contributed by atoms with Crippen LogP contribution in [-0.4, -0.2) is 38.2 Å². The molecule has 1 aliphatic heterocycles. The molecule has 0 bridgehead atoms. The Bertz CT molecular complexity index is 525. The van der Waals surface area contributed by atoms with Crippen LogP contribution in [0.1, 0.15) is 30.0 Å². The van der Waals surface area contributed by atoms with Crippen molar-refractivity contribution < 1.29 is 17.9 Å². The SMILES string of the molecule is C=CCC[C@@H](c1ccc(C(F)(F)F)cc1OC)N1CCNCC1. The monoisotopic (exact) mass is 328 g/mol. The van der Waals surface area contributed by atoms with Crippen molar-refractivity contribution >= 4 is 0 Å². The van der Waals surface area contributed by atoms with Gasteiger partial charge in [-0.2, -0.15) is 13.2 Å². The molecule has 128 valence electrons. The van der Waals surface area contributed by atoms with E-state index in [0.717, 1.165) is 56.7 Å². The molecule has 3 nitrogen and oxygen atoms in total. The second-order valence-corrected chi connectivity index (χ2v) is 5.62. The van der Waals surface area contributed by atoms with Gasteiger partial charge in [-0.1, -0.05) is 12.1 Å². The van der Waals surface area contributed by atoms with E-state index in [9.17, 15) is 13.2 Å². The third-order valence-corrected chi connectivity index (χ3v) is 4.16. The molecule has 0 saturated carbocycles. The molecule has 0 aliphatic carbocycles. The Hall–Kier alpha value is -1.53. The van der Waals surface area contributed by atoms with Crippen LogP contribution in [0.25, 0.3) is 0 Å². The van der Waals surface area contributed by atoms with E-state index in [-0.39, 0.29) is 6.04 Å². The van der Waals surface area contributed by atoms with Gasteiger partial charge in [0.2, 0.25) is 0 Å². The lowest BCUT2D eigenvalue weighted by molar-refractivity contribution is -0.137. The Morgan fingerprint density at radius 1 is 1.35 bits per heavy atom. The summed E-state index contributed by atoms with van der Waals surface area (Å²) in [7, 11) is 1.42. The number of halogens is 3. The zero-order valence-corrected chi connectivity index (χ0v) is 13.3. The maximum Gasteiger partial charge on any atom is 0.416 e. The lowest BCUT2D eigenvalue weighted by Crippen LogP contribution is -2.45. The number of methoxy groups -OCH3 is 1. The number of hydrogen-bond acceptors (Lipinski definition) is 3. The van der Waals surface area contributed by atoms with E-state index in [1.165, 1.54) is 7.11 Å². The van der Waals surface area contributed by atoms with Crippen molar-refractivity contribution in [3.8, 4) is 5.75 Å². The Labute approximate surface area is 135 Å². The Kier molecular flexibility index (Phi) is 6.07. The molecule has 0 spiro atoms. The number of allylic oxidation sites excluding steroid dienone is 1. The number of nitrogens with zero attached hydrogens (tertiary/aromatic N) is 1. The van der Waals surface area contributed by atoms with Crippen LogP contribution < -0.4 is 10.1 Å². The van der Waals surface area contributed by atoms with Crippen molar-refractivity contribution in [3.05, 3.63) is 42.0 Å². The summed E-state index contributed by atoms with van der Waals surface area (Å²) >= 11 is 0. The minimum absolute atomic E-state index is 0.0346. The molecule has 0 unspecified atom stereocenters. The van der Waals surface area contributed by atoms with Gasteiger partial charge in [0.25, 0.3) is 0 Å². The third kappa shape index (κ3) is 4.48. The van der Waals surface area contributed by atoms with Gasteiger partial charge in [-0.25, -0.2) is 0 Å². The number of benzene rings is 1. The molecular formula is C17H23F3N2O. The standard InChI is InChI=1S/C17H23F3N2O/c1-3-4-5-15(22-10-8-21-9-11-22)14-7-6-13(17(18,19)20)12-16(14)23-2/h3,6-7,12,15,21H,1,4-5,8-11H2,2H3/t15-/m0/s1. The highest BCUT2D eigenvalue weighted by atomic mass is 19.4. The molecule has 0 amide bonds. The van der Waals surface area contributed by atoms with Gasteiger partial charge in [0, 0.05) is 37.8 Å². The highest BCUT2D eigenvalue weighted by Gasteiger charge is 2.32. The predicted molar refractivity (Wildman–Crippen MR) is 84.6 cm³/mol. The van der Waals surface area contributed by atoms with Gasteiger partial charge < -0.3 is 10.1 Å². The zero-order valence-electron chi connectivity index (χ0n) is 13.3. The quantitative estimate of drug-likeness (QED) is 0.807. The largest absolute Gasteiger partial charge is 0.496 e. The summed E-state index contributed by atoms with van der Waals surface area (Å²) in [6.07, 6.45) is -0.910. The summed E-state index contributed by atoms with van der Waals surface area (Å²) in [6, 6.07) is 3.82. The maximum atomic E-state index is 12.9. The fraction of sp³-hybridized carbons (Fsp3) is 0.529. The number of piperazine rings is 1. The molecular weight excluding hydrogens is 305 g/mol. The van der Waals surface area contributed by atoms with Crippen LogP contribution in [0.2, 0.25) is 0 Å². The van der Waals surface area contributed by atoms with E-state index in [0.29, 0.717) is 5.75 Å². The van der Waals surface area contributed by atoms with Crippen molar-refractivity contribution in [1.29, 1.82) is 0 Å². The molecule has 1 saturated heterocycles. The van der Waals surface area contributed by atoms with Gasteiger partial charge in [0.05, 0.1) is 12.7 Å². The van der Waals surface area contributed by atoms with Crippen LogP contribution in [0.3, 0.4) is 0 Å². The second-order valence-electron chi connectivity index (χ2n) is 5.62. The molecule has 1 aromatic rings. The number of ether oxygens (including phenoxy) is 1. The average molecular weight is 328 g/mol. The third-order valence-electron chi connectivity index (χ3n) is 4.16. The van der Waals surface area contributed by atoms with Crippen LogP contribution >= 0.6 is 0 Å². The fourth-order valence-electron chi connectivity index (χ4n) is 2.97. The van der Waals surface area contributed by atoms with E-state index in [1.54, 1.807) is 6.07 Å². The van der Waals surface area contributed by atoms with E-state index in [4.69, 9.17) is 4.74 Å². The first-order chi connectivity index (χ1) is 11.0. The number of rotatable bonds is 6. The Morgan fingerprint density at radius 3 is 2.61 bits per heavy atom. The van der Waals surface area contributed by atoms with Gasteiger partial charge >= 0.3 is 6.18 Å². The number of nitrogens with one attached hydrogen (secondary N) is 1. The van der Waals surface area contributed by atoms with Crippen molar-refractivity contribution in [2.45, 2.75) is 25.1 Å². The first-order valence-corrected chi connectivity index (χ1v) is 7.78. The van der Waals surface area contributed by atoms with E-state index in [2.05, 4.69) is 16.8 Å². The summed E-state index contributed by atoms with van der Waals surface area (Å²) in [6.45, 7) is 7.25. The predicted octanol–water partition coefficient (Wildman–Crippen LogP) is 3.63. The van der Waals surface area contributed by atoms with Gasteiger partial charge in [0.15, 0.2) is 0 Å². The molecule has 1 aliphatic rings. The molecule has 0 radical (unpaired) electrons. The summed E-state index contributed by atoms with van der Waals surface area (Å²) in [5, 5.41) is 3.29. The van der Waals surface area contributed by atoms with Gasteiger partial charge in [-0.3, -0.25) is 4.90 Å². The lowest BCUT2D eigenvalue weighted by atomic mass is 9.97. The van der Waals surface area contributed by atoms with Gasteiger partial charge in [-0.05, 0) is 25.0 Å². The summed E-state index contributed by atoms with van der Waals surface area (Å²) < 4.78 is 44.0. The topological polar surface area (TPSA) is 24.5 Å². The Morgan fingerprint density at radius 2 is 2.04 bits per heavy atom. The van der Waals surface area contributed by atoms with Crippen LogP contribution in [0.4, 0.5) is 13.2 Å². The van der Waals surface area contributed by atoms with Crippen molar-refractivity contribution in [1.82, 2.24) is 10.2 Å². The summed E-state index contributed by atoms with van der Waals surface area (Å²) in [4.78, 5) is 2.30. The minimum Gasteiger partial charge on any atom is -0.496 e. The molecule has 0 aromatic heterocycles. The smallest absolute Gasteiger partial charge is 0.416 e. The van der Waals surface area contributed by atoms with Crippen LogP contribution in [0, 0.1) is 0 Å². The molecule has 6 heteroatoms. The fourth-order valence-corrected chi connectivity index (χ4v) is 2.97. The van der Waals surface area contributed by atoms with E-state index >= 15 is 0 Å². The van der Waals surface area contributed by atoms with Crippen molar-refractivity contribution in [3.63, 3.8) is 0 Å². The van der Waals surface area contributed by atoms with Crippen molar-refractivity contribution in [2.24, 2.45) is 0 Å². The highest BCUT2D eigenvalue weighted by Crippen LogP contribution is 2.38. The maximum absolute atomic E-state index is 12.9. The molecule has 1 heterocycles. The zero-order chi connectivity index (χ0) is 16.9. The van der Waals surface area contributed by atoms with Gasteiger partial charge in [-0.15, -0.1) is 6.58 Å².